The third kappa shape index (κ3) is 3.05. The molecule has 2 nitrogen and oxygen atoms in total. The van der Waals surface area contributed by atoms with Gasteiger partial charge >= 0.3 is 0 Å². The SMILES string of the molecule is CCCNC(c1cccc(OC2CC2)c1)C1CC1. The highest BCUT2D eigenvalue weighted by atomic mass is 16.5. The summed E-state index contributed by atoms with van der Waals surface area (Å²) in [7, 11) is 0. The second-order valence-corrected chi connectivity index (χ2v) is 5.66. The van der Waals surface area contributed by atoms with Crippen LogP contribution in [0, 0.1) is 5.92 Å². The van der Waals surface area contributed by atoms with Crippen LogP contribution >= 0.6 is 0 Å². The smallest absolute Gasteiger partial charge is 0.120 e. The van der Waals surface area contributed by atoms with Gasteiger partial charge in [-0.15, -0.1) is 0 Å². The Hall–Kier alpha value is -1.02. The van der Waals surface area contributed by atoms with Crippen molar-refractivity contribution in [2.75, 3.05) is 6.54 Å². The van der Waals surface area contributed by atoms with Crippen LogP contribution in [-0.4, -0.2) is 12.6 Å². The van der Waals surface area contributed by atoms with Crippen molar-refractivity contribution in [3.63, 3.8) is 0 Å². The van der Waals surface area contributed by atoms with Crippen molar-refractivity contribution in [2.45, 2.75) is 51.2 Å². The quantitative estimate of drug-likeness (QED) is 0.791. The molecule has 1 aromatic rings. The standard InChI is InChI=1S/C16H23NO/c1-2-10-17-16(12-6-7-12)13-4-3-5-15(11-13)18-14-8-9-14/h3-5,11-12,14,16-17H,2,6-10H2,1H3. The van der Waals surface area contributed by atoms with Crippen LogP contribution in [0.15, 0.2) is 24.3 Å². The number of hydrogen-bond acceptors (Lipinski definition) is 2. The van der Waals surface area contributed by atoms with E-state index in [2.05, 4.69) is 36.5 Å². The van der Waals surface area contributed by atoms with Gasteiger partial charge in [-0.05, 0) is 62.3 Å². The average molecular weight is 245 g/mol. The Morgan fingerprint density at radius 3 is 2.78 bits per heavy atom. The van der Waals surface area contributed by atoms with E-state index < -0.39 is 0 Å². The number of benzene rings is 1. The summed E-state index contributed by atoms with van der Waals surface area (Å²) in [5.41, 5.74) is 1.41. The fourth-order valence-electron chi connectivity index (χ4n) is 2.45. The highest BCUT2D eigenvalue weighted by Gasteiger charge is 2.32. The van der Waals surface area contributed by atoms with Gasteiger partial charge in [0.2, 0.25) is 0 Å². The van der Waals surface area contributed by atoms with E-state index in [1.807, 2.05) is 0 Å². The van der Waals surface area contributed by atoms with Crippen molar-refractivity contribution in [1.82, 2.24) is 5.32 Å². The number of hydrogen-bond donors (Lipinski definition) is 1. The van der Waals surface area contributed by atoms with Crippen LogP contribution in [0.4, 0.5) is 0 Å². The topological polar surface area (TPSA) is 21.3 Å². The van der Waals surface area contributed by atoms with E-state index in [0.29, 0.717) is 12.1 Å². The van der Waals surface area contributed by atoms with Gasteiger partial charge in [0.15, 0.2) is 0 Å². The van der Waals surface area contributed by atoms with E-state index in [-0.39, 0.29) is 0 Å². The van der Waals surface area contributed by atoms with Crippen LogP contribution in [0.2, 0.25) is 0 Å². The summed E-state index contributed by atoms with van der Waals surface area (Å²) >= 11 is 0. The van der Waals surface area contributed by atoms with E-state index in [0.717, 1.165) is 18.2 Å². The molecule has 0 bridgehead atoms. The van der Waals surface area contributed by atoms with Crippen LogP contribution in [0.5, 0.6) is 5.75 Å². The molecule has 0 aromatic heterocycles. The summed E-state index contributed by atoms with van der Waals surface area (Å²) in [6, 6.07) is 9.24. The zero-order valence-corrected chi connectivity index (χ0v) is 11.2. The lowest BCUT2D eigenvalue weighted by atomic mass is 10.0. The minimum atomic E-state index is 0.489. The van der Waals surface area contributed by atoms with Crippen molar-refractivity contribution < 1.29 is 4.74 Å². The number of rotatable bonds is 7. The largest absolute Gasteiger partial charge is 0.490 e. The monoisotopic (exact) mass is 245 g/mol. The molecule has 1 atom stereocenters. The van der Waals surface area contributed by atoms with Gasteiger partial charge in [0.25, 0.3) is 0 Å². The Morgan fingerprint density at radius 2 is 2.11 bits per heavy atom. The Bertz CT molecular complexity index is 396. The maximum Gasteiger partial charge on any atom is 0.120 e. The van der Waals surface area contributed by atoms with Crippen LogP contribution in [0.1, 0.15) is 50.6 Å². The molecule has 0 amide bonds. The van der Waals surface area contributed by atoms with E-state index in [1.54, 1.807) is 0 Å². The molecule has 3 rings (SSSR count). The highest BCUT2D eigenvalue weighted by Crippen LogP contribution is 2.41. The lowest BCUT2D eigenvalue weighted by molar-refractivity contribution is 0.302. The number of nitrogens with one attached hydrogen (secondary N) is 1. The molecule has 0 spiro atoms. The zero-order valence-electron chi connectivity index (χ0n) is 11.2. The minimum absolute atomic E-state index is 0.489. The van der Waals surface area contributed by atoms with E-state index >= 15 is 0 Å². The molecule has 1 N–H and O–H groups in total. The molecule has 2 saturated carbocycles. The maximum absolute atomic E-state index is 5.89. The van der Waals surface area contributed by atoms with E-state index in [4.69, 9.17) is 4.74 Å². The van der Waals surface area contributed by atoms with E-state index in [9.17, 15) is 0 Å². The molecule has 18 heavy (non-hydrogen) atoms. The van der Waals surface area contributed by atoms with Gasteiger partial charge in [0.1, 0.15) is 5.75 Å². The minimum Gasteiger partial charge on any atom is -0.490 e. The van der Waals surface area contributed by atoms with Crippen molar-refractivity contribution >= 4 is 0 Å². The molecular formula is C16H23NO. The van der Waals surface area contributed by atoms with E-state index in [1.165, 1.54) is 37.7 Å². The summed E-state index contributed by atoms with van der Waals surface area (Å²) < 4.78 is 5.89. The highest BCUT2D eigenvalue weighted by molar-refractivity contribution is 5.32. The molecule has 2 aliphatic carbocycles. The summed E-state index contributed by atoms with van der Waals surface area (Å²) in [6.45, 7) is 3.33. The van der Waals surface area contributed by atoms with Gasteiger partial charge in [0.05, 0.1) is 6.10 Å². The predicted molar refractivity (Wildman–Crippen MR) is 73.9 cm³/mol. The van der Waals surface area contributed by atoms with Crippen LogP contribution < -0.4 is 10.1 Å². The molecule has 2 heteroatoms. The zero-order chi connectivity index (χ0) is 12.4. The van der Waals surface area contributed by atoms with Gasteiger partial charge < -0.3 is 10.1 Å². The Labute approximate surface area is 110 Å². The Balaban J connectivity index is 1.70. The first-order chi connectivity index (χ1) is 8.86. The first kappa shape index (κ1) is 12.0. The average Bonchev–Trinajstić information content (AvgIpc) is 3.24. The summed E-state index contributed by atoms with van der Waals surface area (Å²) in [6.07, 6.45) is 6.88. The first-order valence-electron chi connectivity index (χ1n) is 7.37. The van der Waals surface area contributed by atoms with Crippen molar-refractivity contribution in [1.29, 1.82) is 0 Å². The van der Waals surface area contributed by atoms with Gasteiger partial charge in [-0.25, -0.2) is 0 Å². The van der Waals surface area contributed by atoms with Crippen LogP contribution in [0.25, 0.3) is 0 Å². The summed E-state index contributed by atoms with van der Waals surface area (Å²) in [5, 5.41) is 3.69. The molecule has 0 heterocycles. The fraction of sp³-hybridized carbons (Fsp3) is 0.625. The Morgan fingerprint density at radius 1 is 1.28 bits per heavy atom. The number of ether oxygens (including phenoxy) is 1. The summed E-state index contributed by atoms with van der Waals surface area (Å²) in [5.74, 6) is 1.90. The molecule has 2 aliphatic rings. The second-order valence-electron chi connectivity index (χ2n) is 5.66. The van der Waals surface area contributed by atoms with Gasteiger partial charge in [-0.3, -0.25) is 0 Å². The molecule has 98 valence electrons. The third-order valence-electron chi connectivity index (χ3n) is 3.75. The lowest BCUT2D eigenvalue weighted by Gasteiger charge is -2.19. The van der Waals surface area contributed by atoms with Crippen molar-refractivity contribution in [3.8, 4) is 5.75 Å². The fourth-order valence-corrected chi connectivity index (χ4v) is 2.45. The normalized spacial score (nSPS) is 20.7. The molecule has 0 aliphatic heterocycles. The molecular weight excluding hydrogens is 222 g/mol. The molecule has 2 fully saturated rings. The summed E-state index contributed by atoms with van der Waals surface area (Å²) in [4.78, 5) is 0. The van der Waals surface area contributed by atoms with Crippen LogP contribution in [0.3, 0.4) is 0 Å². The molecule has 1 unspecified atom stereocenters. The third-order valence-corrected chi connectivity index (χ3v) is 3.75. The van der Waals surface area contributed by atoms with Crippen LogP contribution in [-0.2, 0) is 0 Å². The van der Waals surface area contributed by atoms with Crippen molar-refractivity contribution in [2.24, 2.45) is 5.92 Å². The van der Waals surface area contributed by atoms with Crippen molar-refractivity contribution in [3.05, 3.63) is 29.8 Å². The first-order valence-corrected chi connectivity index (χ1v) is 7.37. The molecule has 0 radical (unpaired) electrons. The Kier molecular flexibility index (Phi) is 3.55. The van der Waals surface area contributed by atoms with Gasteiger partial charge in [-0.2, -0.15) is 0 Å². The van der Waals surface area contributed by atoms with Gasteiger partial charge in [-0.1, -0.05) is 19.1 Å². The molecule has 1 aromatic carbocycles. The second kappa shape index (κ2) is 5.31. The predicted octanol–water partition coefficient (Wildman–Crippen LogP) is 3.68. The molecule has 0 saturated heterocycles. The lowest BCUT2D eigenvalue weighted by Crippen LogP contribution is -2.23. The van der Waals surface area contributed by atoms with Gasteiger partial charge in [0, 0.05) is 6.04 Å². The maximum atomic E-state index is 5.89.